The molecule has 3 heteroatoms. The van der Waals surface area contributed by atoms with Gasteiger partial charge < -0.3 is 10.6 Å². The summed E-state index contributed by atoms with van der Waals surface area (Å²) in [6.45, 7) is 8.35. The second-order valence-electron chi connectivity index (χ2n) is 6.50. The van der Waals surface area contributed by atoms with E-state index in [9.17, 15) is 4.39 Å². The van der Waals surface area contributed by atoms with Crippen LogP contribution in [0.15, 0.2) is 18.2 Å². The lowest BCUT2D eigenvalue weighted by atomic mass is 9.85. The lowest BCUT2D eigenvalue weighted by molar-refractivity contribution is 0.325. The van der Waals surface area contributed by atoms with Gasteiger partial charge in [0.15, 0.2) is 0 Å². The highest BCUT2D eigenvalue weighted by atomic mass is 19.1. The predicted octanol–water partition coefficient (Wildman–Crippen LogP) is 3.86. The highest BCUT2D eigenvalue weighted by Gasteiger charge is 2.24. The van der Waals surface area contributed by atoms with Crippen LogP contribution in [0.2, 0.25) is 0 Å². The molecular formula is C16H25FN2. The van der Waals surface area contributed by atoms with Gasteiger partial charge in [-0.15, -0.1) is 0 Å². The number of halogens is 1. The van der Waals surface area contributed by atoms with E-state index in [-0.39, 0.29) is 11.9 Å². The van der Waals surface area contributed by atoms with Crippen LogP contribution in [-0.2, 0) is 0 Å². The van der Waals surface area contributed by atoms with Crippen molar-refractivity contribution in [1.82, 2.24) is 0 Å². The summed E-state index contributed by atoms with van der Waals surface area (Å²) in [5.74, 6) is -0.144. The lowest BCUT2D eigenvalue weighted by Crippen LogP contribution is -2.26. The average molecular weight is 264 g/mol. The third-order valence-corrected chi connectivity index (χ3v) is 4.18. The molecule has 0 amide bonds. The van der Waals surface area contributed by atoms with E-state index >= 15 is 0 Å². The van der Waals surface area contributed by atoms with Crippen LogP contribution < -0.4 is 10.6 Å². The van der Waals surface area contributed by atoms with Gasteiger partial charge in [0.05, 0.1) is 5.69 Å². The average Bonchev–Trinajstić information content (AvgIpc) is 2.50. The van der Waals surface area contributed by atoms with Gasteiger partial charge >= 0.3 is 0 Å². The Morgan fingerprint density at radius 1 is 1.26 bits per heavy atom. The van der Waals surface area contributed by atoms with Crippen molar-refractivity contribution in [2.24, 2.45) is 11.1 Å². The number of benzene rings is 1. The first-order valence-corrected chi connectivity index (χ1v) is 7.19. The third kappa shape index (κ3) is 3.47. The van der Waals surface area contributed by atoms with Gasteiger partial charge in [-0.1, -0.05) is 19.9 Å². The highest BCUT2D eigenvalue weighted by molar-refractivity contribution is 5.49. The van der Waals surface area contributed by atoms with Crippen molar-refractivity contribution in [3.05, 3.63) is 29.6 Å². The van der Waals surface area contributed by atoms with Crippen molar-refractivity contribution in [3.8, 4) is 0 Å². The molecule has 2 rings (SSSR count). The number of hydrogen-bond acceptors (Lipinski definition) is 2. The number of hydrogen-bond donors (Lipinski definition) is 1. The maximum atomic E-state index is 14.2. The van der Waals surface area contributed by atoms with E-state index in [0.29, 0.717) is 5.41 Å². The number of anilines is 1. The first-order chi connectivity index (χ1) is 8.89. The molecule has 1 aromatic rings. The molecule has 0 spiro atoms. The summed E-state index contributed by atoms with van der Waals surface area (Å²) in [6, 6.07) is 5.29. The number of rotatable bonds is 2. The molecule has 2 N–H and O–H groups in total. The normalized spacial score (nSPS) is 21.0. The summed E-state index contributed by atoms with van der Waals surface area (Å²) in [6.07, 6.45) is 3.45. The van der Waals surface area contributed by atoms with Crippen LogP contribution in [0.5, 0.6) is 0 Å². The predicted molar refractivity (Wildman–Crippen MR) is 78.8 cm³/mol. The molecular weight excluding hydrogens is 239 g/mol. The van der Waals surface area contributed by atoms with E-state index in [4.69, 9.17) is 5.73 Å². The Labute approximate surface area is 115 Å². The summed E-state index contributed by atoms with van der Waals surface area (Å²) in [5.41, 5.74) is 7.75. The van der Waals surface area contributed by atoms with E-state index in [1.807, 2.05) is 19.1 Å². The maximum absolute atomic E-state index is 14.2. The molecule has 1 heterocycles. The van der Waals surface area contributed by atoms with Crippen LogP contribution in [0.1, 0.15) is 51.6 Å². The molecule has 1 unspecified atom stereocenters. The highest BCUT2D eigenvalue weighted by Crippen LogP contribution is 2.32. The molecule has 1 fully saturated rings. The quantitative estimate of drug-likeness (QED) is 0.878. The van der Waals surface area contributed by atoms with Gasteiger partial charge in [-0.05, 0) is 49.3 Å². The van der Waals surface area contributed by atoms with E-state index < -0.39 is 0 Å². The SMILES string of the molecule is CC(N)c1ccc(N2CCCC(C)(C)CC2)c(F)c1. The summed E-state index contributed by atoms with van der Waals surface area (Å²) in [4.78, 5) is 2.18. The summed E-state index contributed by atoms with van der Waals surface area (Å²) in [7, 11) is 0. The van der Waals surface area contributed by atoms with Gasteiger partial charge in [-0.3, -0.25) is 0 Å². The largest absolute Gasteiger partial charge is 0.369 e. The van der Waals surface area contributed by atoms with Crippen LogP contribution in [0.3, 0.4) is 0 Å². The van der Waals surface area contributed by atoms with Crippen LogP contribution in [0.25, 0.3) is 0 Å². The number of nitrogens with two attached hydrogens (primary N) is 1. The van der Waals surface area contributed by atoms with Crippen LogP contribution >= 0.6 is 0 Å². The monoisotopic (exact) mass is 264 g/mol. The van der Waals surface area contributed by atoms with E-state index in [1.54, 1.807) is 6.07 Å². The minimum Gasteiger partial charge on any atom is -0.369 e. The molecule has 1 aliphatic rings. The zero-order chi connectivity index (χ0) is 14.0. The van der Waals surface area contributed by atoms with Gasteiger partial charge in [0.2, 0.25) is 0 Å². The lowest BCUT2D eigenvalue weighted by Gasteiger charge is -2.25. The zero-order valence-corrected chi connectivity index (χ0v) is 12.2. The van der Waals surface area contributed by atoms with Crippen molar-refractivity contribution in [1.29, 1.82) is 0 Å². The maximum Gasteiger partial charge on any atom is 0.146 e. The van der Waals surface area contributed by atoms with Crippen LogP contribution in [-0.4, -0.2) is 13.1 Å². The molecule has 1 saturated heterocycles. The smallest absolute Gasteiger partial charge is 0.146 e. The van der Waals surface area contributed by atoms with Crippen LogP contribution in [0.4, 0.5) is 10.1 Å². The first kappa shape index (κ1) is 14.3. The molecule has 0 aromatic heterocycles. The van der Waals surface area contributed by atoms with Crippen molar-refractivity contribution in [2.75, 3.05) is 18.0 Å². The van der Waals surface area contributed by atoms with Gasteiger partial charge in [-0.25, -0.2) is 4.39 Å². The van der Waals surface area contributed by atoms with Crippen molar-refractivity contribution in [3.63, 3.8) is 0 Å². The Morgan fingerprint density at radius 3 is 2.63 bits per heavy atom. The first-order valence-electron chi connectivity index (χ1n) is 7.19. The van der Waals surface area contributed by atoms with Gasteiger partial charge in [-0.2, -0.15) is 0 Å². The topological polar surface area (TPSA) is 29.3 Å². The van der Waals surface area contributed by atoms with E-state index in [0.717, 1.165) is 37.2 Å². The van der Waals surface area contributed by atoms with Crippen molar-refractivity contribution < 1.29 is 4.39 Å². The van der Waals surface area contributed by atoms with Gasteiger partial charge in [0.25, 0.3) is 0 Å². The molecule has 1 aliphatic heterocycles. The Bertz CT molecular complexity index is 440. The second kappa shape index (κ2) is 5.49. The second-order valence-corrected chi connectivity index (χ2v) is 6.50. The molecule has 1 aromatic carbocycles. The molecule has 0 saturated carbocycles. The molecule has 0 aliphatic carbocycles. The van der Waals surface area contributed by atoms with E-state index in [1.165, 1.54) is 6.42 Å². The Hall–Kier alpha value is -1.09. The summed E-state index contributed by atoms with van der Waals surface area (Å²) < 4.78 is 14.2. The Morgan fingerprint density at radius 2 is 2.00 bits per heavy atom. The molecule has 106 valence electrons. The molecule has 0 bridgehead atoms. The van der Waals surface area contributed by atoms with Gasteiger partial charge in [0, 0.05) is 19.1 Å². The fourth-order valence-corrected chi connectivity index (χ4v) is 2.73. The molecule has 1 atom stereocenters. The molecule has 0 radical (unpaired) electrons. The standard InChI is InChI=1S/C16H25FN2/c1-12(18)13-5-6-15(14(17)11-13)19-9-4-7-16(2,3)8-10-19/h5-6,11-12H,4,7-10,18H2,1-3H3. The molecule has 19 heavy (non-hydrogen) atoms. The third-order valence-electron chi connectivity index (χ3n) is 4.18. The zero-order valence-electron chi connectivity index (χ0n) is 12.2. The van der Waals surface area contributed by atoms with Crippen LogP contribution in [0, 0.1) is 11.2 Å². The van der Waals surface area contributed by atoms with Crippen molar-refractivity contribution in [2.45, 2.75) is 46.1 Å². The summed E-state index contributed by atoms with van der Waals surface area (Å²) in [5, 5.41) is 0. The van der Waals surface area contributed by atoms with Gasteiger partial charge in [0.1, 0.15) is 5.82 Å². The summed E-state index contributed by atoms with van der Waals surface area (Å²) >= 11 is 0. The number of nitrogens with zero attached hydrogens (tertiary/aromatic N) is 1. The Kier molecular flexibility index (Phi) is 4.14. The minimum absolute atomic E-state index is 0.119. The van der Waals surface area contributed by atoms with E-state index in [2.05, 4.69) is 18.7 Å². The fourth-order valence-electron chi connectivity index (χ4n) is 2.73. The fraction of sp³-hybridized carbons (Fsp3) is 0.625. The minimum atomic E-state index is -0.144. The molecule has 2 nitrogen and oxygen atoms in total. The van der Waals surface area contributed by atoms with Crippen molar-refractivity contribution >= 4 is 5.69 Å². The Balaban J connectivity index is 2.18.